The van der Waals surface area contributed by atoms with Crippen LogP contribution in [0.15, 0.2) is 27.6 Å². The molecule has 10 heteroatoms. The Morgan fingerprint density at radius 3 is 2.46 bits per heavy atom. The van der Waals surface area contributed by atoms with Crippen LogP contribution in [0.3, 0.4) is 0 Å². The predicted octanol–water partition coefficient (Wildman–Crippen LogP) is 1.62. The van der Waals surface area contributed by atoms with Gasteiger partial charge in [0.2, 0.25) is 15.9 Å². The molecule has 2 aromatic rings. The fourth-order valence-corrected chi connectivity index (χ4v) is 3.72. The predicted molar refractivity (Wildman–Crippen MR) is 94.0 cm³/mol. The Hall–Kier alpha value is -2.59. The number of carbonyl (C=O) groups is 1. The average Bonchev–Trinajstić information content (AvgIpc) is 2.93. The van der Waals surface area contributed by atoms with Crippen LogP contribution in [-0.4, -0.2) is 40.2 Å². The number of nitrogens with zero attached hydrogens (tertiary/aromatic N) is 1. The van der Waals surface area contributed by atoms with E-state index in [1.807, 2.05) is 0 Å². The highest BCUT2D eigenvalue weighted by Crippen LogP contribution is 2.29. The molecule has 0 aliphatic rings. The lowest BCUT2D eigenvalue weighted by Crippen LogP contribution is -2.28. The SMILES string of the molecule is COc1ccc(NC(=O)CCNS(=O)(=O)c2c(C)noc2C)cc1OC. The van der Waals surface area contributed by atoms with Crippen LogP contribution in [0.2, 0.25) is 0 Å². The van der Waals surface area contributed by atoms with E-state index in [2.05, 4.69) is 15.2 Å². The Morgan fingerprint density at radius 1 is 1.19 bits per heavy atom. The zero-order valence-corrected chi connectivity index (χ0v) is 15.8. The third-order valence-electron chi connectivity index (χ3n) is 3.55. The number of nitrogens with one attached hydrogen (secondary N) is 2. The molecule has 0 aliphatic carbocycles. The van der Waals surface area contributed by atoms with Crippen LogP contribution in [0.4, 0.5) is 5.69 Å². The lowest BCUT2D eigenvalue weighted by atomic mass is 10.2. The molecule has 142 valence electrons. The number of rotatable bonds is 8. The summed E-state index contributed by atoms with van der Waals surface area (Å²) in [6.45, 7) is 2.98. The topological polar surface area (TPSA) is 120 Å². The summed E-state index contributed by atoms with van der Waals surface area (Å²) in [6.07, 6.45) is -0.0447. The van der Waals surface area contributed by atoms with Crippen molar-refractivity contribution in [1.82, 2.24) is 9.88 Å². The minimum Gasteiger partial charge on any atom is -0.493 e. The second-order valence-corrected chi connectivity index (χ2v) is 7.12. The first-order valence-electron chi connectivity index (χ1n) is 7.73. The van der Waals surface area contributed by atoms with Gasteiger partial charge in [0.05, 0.1) is 14.2 Å². The van der Waals surface area contributed by atoms with E-state index >= 15 is 0 Å². The van der Waals surface area contributed by atoms with Crippen molar-refractivity contribution < 1.29 is 27.2 Å². The summed E-state index contributed by atoms with van der Waals surface area (Å²) in [7, 11) is -0.781. The van der Waals surface area contributed by atoms with Crippen molar-refractivity contribution >= 4 is 21.6 Å². The zero-order chi connectivity index (χ0) is 19.3. The molecule has 0 spiro atoms. The molecule has 2 rings (SSSR count). The number of carbonyl (C=O) groups excluding carboxylic acids is 1. The molecule has 0 radical (unpaired) electrons. The van der Waals surface area contributed by atoms with Gasteiger partial charge in [-0.1, -0.05) is 5.16 Å². The summed E-state index contributed by atoms with van der Waals surface area (Å²) < 4.78 is 42.0. The molecule has 2 N–H and O–H groups in total. The van der Waals surface area contributed by atoms with E-state index < -0.39 is 10.0 Å². The first kappa shape index (κ1) is 19.7. The largest absolute Gasteiger partial charge is 0.493 e. The smallest absolute Gasteiger partial charge is 0.245 e. The van der Waals surface area contributed by atoms with Gasteiger partial charge in [-0.3, -0.25) is 4.79 Å². The van der Waals surface area contributed by atoms with Crippen molar-refractivity contribution in [2.75, 3.05) is 26.1 Å². The normalized spacial score (nSPS) is 11.2. The number of methoxy groups -OCH3 is 2. The minimum atomic E-state index is -3.79. The minimum absolute atomic E-state index is 0.00204. The Morgan fingerprint density at radius 2 is 1.88 bits per heavy atom. The number of sulfonamides is 1. The molecule has 0 saturated carbocycles. The van der Waals surface area contributed by atoms with E-state index in [1.165, 1.54) is 28.1 Å². The Labute approximate surface area is 151 Å². The van der Waals surface area contributed by atoms with E-state index in [9.17, 15) is 13.2 Å². The fraction of sp³-hybridized carbons (Fsp3) is 0.375. The summed E-state index contributed by atoms with van der Waals surface area (Å²) >= 11 is 0. The molecule has 9 nitrogen and oxygen atoms in total. The molecular formula is C16H21N3O6S. The summed E-state index contributed by atoms with van der Waals surface area (Å²) in [6, 6.07) is 4.94. The maximum atomic E-state index is 12.3. The summed E-state index contributed by atoms with van der Waals surface area (Å²) in [5.74, 6) is 0.866. The van der Waals surface area contributed by atoms with E-state index in [0.717, 1.165) is 0 Å². The number of hydrogen-bond donors (Lipinski definition) is 2. The van der Waals surface area contributed by atoms with Gasteiger partial charge in [0, 0.05) is 24.7 Å². The number of aryl methyl sites for hydroxylation is 2. The van der Waals surface area contributed by atoms with Crippen molar-refractivity contribution in [3.05, 3.63) is 29.7 Å². The Balaban J connectivity index is 1.93. The van der Waals surface area contributed by atoms with Crippen molar-refractivity contribution in [1.29, 1.82) is 0 Å². The molecule has 0 unspecified atom stereocenters. The first-order chi connectivity index (χ1) is 12.3. The monoisotopic (exact) mass is 383 g/mol. The van der Waals surface area contributed by atoms with Gasteiger partial charge in [-0.05, 0) is 26.0 Å². The van der Waals surface area contributed by atoms with Crippen LogP contribution < -0.4 is 19.5 Å². The summed E-state index contributed by atoms with van der Waals surface area (Å²) in [5, 5.41) is 6.29. The second-order valence-electron chi connectivity index (χ2n) is 5.42. The highest BCUT2D eigenvalue weighted by Gasteiger charge is 2.23. The van der Waals surface area contributed by atoms with Crippen LogP contribution in [0, 0.1) is 13.8 Å². The number of anilines is 1. The Kier molecular flexibility index (Phi) is 6.22. The highest BCUT2D eigenvalue weighted by molar-refractivity contribution is 7.89. The number of aromatic nitrogens is 1. The van der Waals surface area contributed by atoms with Crippen LogP contribution >= 0.6 is 0 Å². The lowest BCUT2D eigenvalue weighted by Gasteiger charge is -2.11. The van der Waals surface area contributed by atoms with Gasteiger partial charge < -0.3 is 19.3 Å². The third-order valence-corrected chi connectivity index (χ3v) is 5.25. The molecule has 1 aromatic heterocycles. The number of amides is 1. The van der Waals surface area contributed by atoms with Gasteiger partial charge in [0.15, 0.2) is 17.3 Å². The zero-order valence-electron chi connectivity index (χ0n) is 15.0. The molecular weight excluding hydrogens is 362 g/mol. The van der Waals surface area contributed by atoms with Crippen LogP contribution in [0.25, 0.3) is 0 Å². The third kappa shape index (κ3) is 4.52. The van der Waals surface area contributed by atoms with E-state index in [4.69, 9.17) is 14.0 Å². The maximum absolute atomic E-state index is 12.3. The molecule has 0 fully saturated rings. The molecule has 1 aromatic carbocycles. The van der Waals surface area contributed by atoms with Crippen LogP contribution in [0.5, 0.6) is 11.5 Å². The molecule has 0 aliphatic heterocycles. The van der Waals surface area contributed by atoms with E-state index in [-0.39, 0.29) is 35.2 Å². The molecule has 1 heterocycles. The van der Waals surface area contributed by atoms with Crippen molar-refractivity contribution in [3.63, 3.8) is 0 Å². The van der Waals surface area contributed by atoms with Gasteiger partial charge in [-0.25, -0.2) is 13.1 Å². The molecule has 0 bridgehead atoms. The second kappa shape index (κ2) is 8.19. The van der Waals surface area contributed by atoms with Gasteiger partial charge in [-0.15, -0.1) is 0 Å². The highest BCUT2D eigenvalue weighted by atomic mass is 32.2. The number of benzene rings is 1. The van der Waals surface area contributed by atoms with E-state index in [1.54, 1.807) is 18.2 Å². The van der Waals surface area contributed by atoms with Crippen LogP contribution in [-0.2, 0) is 14.8 Å². The first-order valence-corrected chi connectivity index (χ1v) is 9.21. The summed E-state index contributed by atoms with van der Waals surface area (Å²) in [4.78, 5) is 12.0. The van der Waals surface area contributed by atoms with Gasteiger partial charge in [0.25, 0.3) is 0 Å². The van der Waals surface area contributed by atoms with Crippen molar-refractivity contribution in [3.8, 4) is 11.5 Å². The Bertz CT molecular complexity index is 872. The molecule has 26 heavy (non-hydrogen) atoms. The lowest BCUT2D eigenvalue weighted by molar-refractivity contribution is -0.116. The average molecular weight is 383 g/mol. The standard InChI is InChI=1S/C16H21N3O6S/c1-10-16(11(2)25-19-10)26(21,22)17-8-7-15(20)18-12-5-6-13(23-3)14(9-12)24-4/h5-6,9,17H,7-8H2,1-4H3,(H,18,20). The quantitative estimate of drug-likeness (QED) is 0.710. The van der Waals surface area contributed by atoms with E-state index in [0.29, 0.717) is 17.2 Å². The molecule has 0 atom stereocenters. The fourth-order valence-electron chi connectivity index (χ4n) is 2.37. The van der Waals surface area contributed by atoms with Gasteiger partial charge >= 0.3 is 0 Å². The van der Waals surface area contributed by atoms with Crippen molar-refractivity contribution in [2.24, 2.45) is 0 Å². The number of hydrogen-bond acceptors (Lipinski definition) is 7. The van der Waals surface area contributed by atoms with Crippen molar-refractivity contribution in [2.45, 2.75) is 25.2 Å². The molecule has 0 saturated heterocycles. The summed E-state index contributed by atoms with van der Waals surface area (Å²) in [5.41, 5.74) is 0.783. The maximum Gasteiger partial charge on any atom is 0.245 e. The number of ether oxygens (including phenoxy) is 2. The van der Waals surface area contributed by atoms with Gasteiger partial charge in [-0.2, -0.15) is 0 Å². The van der Waals surface area contributed by atoms with Crippen LogP contribution in [0.1, 0.15) is 17.9 Å². The van der Waals surface area contributed by atoms with Gasteiger partial charge in [0.1, 0.15) is 10.6 Å². The molecule has 1 amide bonds.